The minimum Gasteiger partial charge on any atom is -0.459 e. The van der Waals surface area contributed by atoms with Gasteiger partial charge in [-0.15, -0.1) is 11.3 Å². The fourth-order valence-corrected chi connectivity index (χ4v) is 3.89. The number of rotatable bonds is 7. The lowest BCUT2D eigenvalue weighted by Crippen LogP contribution is -2.31. The highest BCUT2D eigenvalue weighted by Gasteiger charge is 2.19. The zero-order valence-corrected chi connectivity index (χ0v) is 18.6. The standard InChI is InChI=1S/C23H24N2O5S/c1-13-7-8-17(10-14(13)2)16(4)24-19(26)12-30-23(28)21-15(3)11-20(31-21)25-22(27)18-6-5-9-29-18/h5-11,16H,12H2,1-4H3,(H,24,26)(H,25,27). The van der Waals surface area contributed by atoms with Crippen LogP contribution in [0.5, 0.6) is 0 Å². The van der Waals surface area contributed by atoms with Crippen molar-refractivity contribution in [3.05, 3.63) is 75.6 Å². The molecule has 0 aliphatic carbocycles. The van der Waals surface area contributed by atoms with Crippen LogP contribution in [0.25, 0.3) is 0 Å². The fourth-order valence-electron chi connectivity index (χ4n) is 2.92. The second-order valence-electron chi connectivity index (χ2n) is 7.26. The summed E-state index contributed by atoms with van der Waals surface area (Å²) in [7, 11) is 0. The molecule has 1 atom stereocenters. The number of carbonyl (C=O) groups excluding carboxylic acids is 3. The Labute approximate surface area is 184 Å². The molecule has 3 aromatic rings. The summed E-state index contributed by atoms with van der Waals surface area (Å²) < 4.78 is 10.2. The number of aryl methyl sites for hydroxylation is 3. The van der Waals surface area contributed by atoms with E-state index in [1.165, 1.54) is 11.8 Å². The Morgan fingerprint density at radius 2 is 1.84 bits per heavy atom. The zero-order valence-electron chi connectivity index (χ0n) is 17.8. The van der Waals surface area contributed by atoms with Gasteiger partial charge < -0.3 is 19.8 Å². The Hall–Kier alpha value is -3.39. The monoisotopic (exact) mass is 440 g/mol. The lowest BCUT2D eigenvalue weighted by atomic mass is 10.0. The minimum absolute atomic E-state index is 0.171. The number of carbonyl (C=O) groups is 3. The van der Waals surface area contributed by atoms with Crippen molar-refractivity contribution in [2.45, 2.75) is 33.7 Å². The first-order valence-corrected chi connectivity index (χ1v) is 10.5. The highest BCUT2D eigenvalue weighted by atomic mass is 32.1. The maximum absolute atomic E-state index is 12.4. The van der Waals surface area contributed by atoms with Gasteiger partial charge in [-0.25, -0.2) is 4.79 Å². The molecule has 1 aromatic carbocycles. The zero-order chi connectivity index (χ0) is 22.5. The maximum Gasteiger partial charge on any atom is 0.349 e. The van der Waals surface area contributed by atoms with Crippen molar-refractivity contribution >= 4 is 34.1 Å². The predicted molar refractivity (Wildman–Crippen MR) is 118 cm³/mol. The molecule has 3 rings (SSSR count). The van der Waals surface area contributed by atoms with Crippen LogP contribution in [0.15, 0.2) is 47.1 Å². The van der Waals surface area contributed by atoms with Crippen LogP contribution in [-0.4, -0.2) is 24.4 Å². The molecule has 0 fully saturated rings. The summed E-state index contributed by atoms with van der Waals surface area (Å²) in [6.07, 6.45) is 1.41. The average molecular weight is 441 g/mol. The van der Waals surface area contributed by atoms with Crippen molar-refractivity contribution in [3.8, 4) is 0 Å². The van der Waals surface area contributed by atoms with Crippen LogP contribution < -0.4 is 10.6 Å². The molecule has 162 valence electrons. The van der Waals surface area contributed by atoms with E-state index in [1.54, 1.807) is 25.1 Å². The molecule has 0 radical (unpaired) electrons. The number of ether oxygens (including phenoxy) is 1. The molecule has 2 amide bonds. The van der Waals surface area contributed by atoms with Gasteiger partial charge in [-0.1, -0.05) is 18.2 Å². The normalized spacial score (nSPS) is 11.6. The second kappa shape index (κ2) is 9.61. The molecular weight excluding hydrogens is 416 g/mol. The third-order valence-electron chi connectivity index (χ3n) is 4.83. The Balaban J connectivity index is 1.54. The smallest absolute Gasteiger partial charge is 0.349 e. The number of furan rings is 1. The van der Waals surface area contributed by atoms with Gasteiger partial charge in [0.05, 0.1) is 17.3 Å². The molecule has 0 saturated heterocycles. The third-order valence-corrected chi connectivity index (χ3v) is 5.96. The Morgan fingerprint density at radius 3 is 2.52 bits per heavy atom. The van der Waals surface area contributed by atoms with E-state index >= 15 is 0 Å². The minimum atomic E-state index is -0.616. The Bertz CT molecular complexity index is 1100. The van der Waals surface area contributed by atoms with Crippen LogP contribution in [0.1, 0.15) is 55.4 Å². The van der Waals surface area contributed by atoms with Crippen molar-refractivity contribution < 1.29 is 23.5 Å². The Kier molecular flexibility index (Phi) is 6.91. The van der Waals surface area contributed by atoms with E-state index in [1.807, 2.05) is 39.0 Å². The van der Waals surface area contributed by atoms with Crippen molar-refractivity contribution in [2.24, 2.45) is 0 Å². The summed E-state index contributed by atoms with van der Waals surface area (Å²) in [6, 6.07) is 10.6. The summed E-state index contributed by atoms with van der Waals surface area (Å²) in [5.41, 5.74) is 3.96. The summed E-state index contributed by atoms with van der Waals surface area (Å²) in [4.78, 5) is 37.0. The predicted octanol–water partition coefficient (Wildman–Crippen LogP) is 4.55. The van der Waals surface area contributed by atoms with Gasteiger partial charge in [0.15, 0.2) is 12.4 Å². The largest absolute Gasteiger partial charge is 0.459 e. The summed E-state index contributed by atoms with van der Waals surface area (Å²) in [6.45, 7) is 7.27. The molecule has 2 N–H and O–H groups in total. The van der Waals surface area contributed by atoms with Gasteiger partial charge in [-0.2, -0.15) is 0 Å². The summed E-state index contributed by atoms with van der Waals surface area (Å²) in [5.74, 6) is -1.25. The summed E-state index contributed by atoms with van der Waals surface area (Å²) >= 11 is 1.08. The highest BCUT2D eigenvalue weighted by molar-refractivity contribution is 7.18. The maximum atomic E-state index is 12.4. The SMILES string of the molecule is Cc1ccc(C(C)NC(=O)COC(=O)c2sc(NC(=O)c3ccco3)cc2C)cc1C. The number of hydrogen-bond donors (Lipinski definition) is 2. The van der Waals surface area contributed by atoms with Gasteiger partial charge in [0, 0.05) is 0 Å². The Morgan fingerprint density at radius 1 is 1.06 bits per heavy atom. The number of thiophene rings is 1. The third kappa shape index (κ3) is 5.61. The quantitative estimate of drug-likeness (QED) is 0.525. The second-order valence-corrected chi connectivity index (χ2v) is 8.32. The summed E-state index contributed by atoms with van der Waals surface area (Å²) in [5, 5.41) is 5.99. The van der Waals surface area contributed by atoms with Crippen LogP contribution in [-0.2, 0) is 9.53 Å². The van der Waals surface area contributed by atoms with Crippen molar-refractivity contribution in [3.63, 3.8) is 0 Å². The van der Waals surface area contributed by atoms with Gasteiger partial charge in [0.2, 0.25) is 0 Å². The highest BCUT2D eigenvalue weighted by Crippen LogP contribution is 2.28. The van der Waals surface area contributed by atoms with Crippen LogP contribution in [0.3, 0.4) is 0 Å². The van der Waals surface area contributed by atoms with Gasteiger partial charge in [-0.05, 0) is 68.1 Å². The van der Waals surface area contributed by atoms with Gasteiger partial charge in [0.25, 0.3) is 11.8 Å². The first kappa shape index (κ1) is 22.3. The molecule has 0 bridgehead atoms. The molecule has 8 heteroatoms. The molecule has 31 heavy (non-hydrogen) atoms. The van der Waals surface area contributed by atoms with Crippen molar-refractivity contribution in [1.82, 2.24) is 5.32 Å². The fraction of sp³-hybridized carbons (Fsp3) is 0.261. The molecule has 0 saturated carbocycles. The first-order chi connectivity index (χ1) is 14.7. The first-order valence-electron chi connectivity index (χ1n) is 9.73. The van der Waals surface area contributed by atoms with Crippen LogP contribution >= 0.6 is 11.3 Å². The van der Waals surface area contributed by atoms with Crippen LogP contribution in [0.4, 0.5) is 5.00 Å². The van der Waals surface area contributed by atoms with E-state index in [2.05, 4.69) is 10.6 Å². The number of esters is 1. The molecular formula is C23H24N2O5S. The average Bonchev–Trinajstić information content (AvgIpc) is 3.38. The number of hydrogen-bond acceptors (Lipinski definition) is 6. The van der Waals surface area contributed by atoms with E-state index in [0.717, 1.165) is 22.5 Å². The van der Waals surface area contributed by atoms with E-state index in [0.29, 0.717) is 15.4 Å². The van der Waals surface area contributed by atoms with Crippen LogP contribution in [0, 0.1) is 20.8 Å². The molecule has 0 aliphatic rings. The number of benzene rings is 1. The molecule has 0 spiro atoms. The van der Waals surface area contributed by atoms with Gasteiger partial charge in [0.1, 0.15) is 4.88 Å². The number of amides is 2. The molecule has 0 aliphatic heterocycles. The van der Waals surface area contributed by atoms with E-state index < -0.39 is 11.9 Å². The van der Waals surface area contributed by atoms with E-state index in [4.69, 9.17) is 9.15 Å². The lowest BCUT2D eigenvalue weighted by Gasteiger charge is -2.15. The topological polar surface area (TPSA) is 97.6 Å². The molecule has 2 heterocycles. The van der Waals surface area contributed by atoms with E-state index in [-0.39, 0.29) is 24.3 Å². The van der Waals surface area contributed by atoms with Gasteiger partial charge >= 0.3 is 5.97 Å². The van der Waals surface area contributed by atoms with Crippen LogP contribution in [0.2, 0.25) is 0 Å². The van der Waals surface area contributed by atoms with E-state index in [9.17, 15) is 14.4 Å². The lowest BCUT2D eigenvalue weighted by molar-refractivity contribution is -0.124. The molecule has 2 aromatic heterocycles. The number of anilines is 1. The van der Waals surface area contributed by atoms with Crippen molar-refractivity contribution in [1.29, 1.82) is 0 Å². The van der Waals surface area contributed by atoms with Crippen molar-refractivity contribution in [2.75, 3.05) is 11.9 Å². The van der Waals surface area contributed by atoms with Gasteiger partial charge in [-0.3, -0.25) is 9.59 Å². The molecule has 7 nitrogen and oxygen atoms in total. The number of nitrogens with one attached hydrogen (secondary N) is 2. The molecule has 1 unspecified atom stereocenters.